The van der Waals surface area contributed by atoms with Gasteiger partial charge in [0.2, 0.25) is 5.01 Å². The van der Waals surface area contributed by atoms with E-state index in [1.165, 1.54) is 7.11 Å². The van der Waals surface area contributed by atoms with Gasteiger partial charge in [-0.2, -0.15) is 0 Å². The quantitative estimate of drug-likeness (QED) is 0.525. The van der Waals surface area contributed by atoms with Crippen molar-refractivity contribution >= 4 is 29.9 Å². The van der Waals surface area contributed by atoms with Gasteiger partial charge in [-0.1, -0.05) is 0 Å². The van der Waals surface area contributed by atoms with Crippen molar-refractivity contribution < 1.29 is 19.1 Å². The number of thiazole rings is 1. The van der Waals surface area contributed by atoms with Gasteiger partial charge in [0.05, 0.1) is 12.0 Å². The van der Waals surface area contributed by atoms with Crippen molar-refractivity contribution in [2.75, 3.05) is 7.11 Å². The minimum absolute atomic E-state index is 0.00620. The van der Waals surface area contributed by atoms with Gasteiger partial charge in [-0.3, -0.25) is 9.59 Å². The van der Waals surface area contributed by atoms with Crippen molar-refractivity contribution in [3.8, 4) is 0 Å². The zero-order valence-electron chi connectivity index (χ0n) is 6.64. The monoisotopic (exact) mass is 199 g/mol. The smallest absolute Gasteiger partial charge is 0.367 e. The van der Waals surface area contributed by atoms with Crippen LogP contribution in [-0.4, -0.2) is 30.6 Å². The lowest BCUT2D eigenvalue weighted by Crippen LogP contribution is -2.00. The number of nitrogens with zero attached hydrogens (tertiary/aromatic N) is 1. The van der Waals surface area contributed by atoms with Gasteiger partial charge in [0.15, 0.2) is 12.6 Å². The van der Waals surface area contributed by atoms with E-state index in [4.69, 9.17) is 0 Å². The van der Waals surface area contributed by atoms with Crippen LogP contribution in [0.25, 0.3) is 0 Å². The molecule has 13 heavy (non-hydrogen) atoms. The molecule has 1 heterocycles. The van der Waals surface area contributed by atoms with Crippen LogP contribution in [0.2, 0.25) is 0 Å². The number of aldehydes is 2. The summed E-state index contributed by atoms with van der Waals surface area (Å²) in [5.74, 6) is -0.652. The van der Waals surface area contributed by atoms with E-state index in [1.54, 1.807) is 0 Å². The van der Waals surface area contributed by atoms with Crippen molar-refractivity contribution in [2.24, 2.45) is 0 Å². The number of carbonyl (C=O) groups excluding carboxylic acids is 3. The third kappa shape index (κ3) is 1.78. The van der Waals surface area contributed by atoms with E-state index >= 15 is 0 Å². The van der Waals surface area contributed by atoms with Crippen LogP contribution in [0.1, 0.15) is 30.0 Å². The zero-order chi connectivity index (χ0) is 9.84. The number of aromatic nitrogens is 1. The molecule has 0 radical (unpaired) electrons. The molecule has 1 rings (SSSR count). The fraction of sp³-hybridized carbons (Fsp3) is 0.143. The van der Waals surface area contributed by atoms with Crippen LogP contribution < -0.4 is 0 Å². The average Bonchev–Trinajstić information content (AvgIpc) is 2.59. The number of hydrogen-bond donors (Lipinski definition) is 0. The van der Waals surface area contributed by atoms with Gasteiger partial charge in [-0.15, -0.1) is 11.3 Å². The molecule has 0 aliphatic carbocycles. The summed E-state index contributed by atoms with van der Waals surface area (Å²) in [4.78, 5) is 35.4. The first-order valence-corrected chi connectivity index (χ1v) is 4.04. The lowest BCUT2D eigenvalue weighted by molar-refractivity contribution is 0.0600. The average molecular weight is 199 g/mol. The number of carbonyl (C=O) groups is 3. The predicted molar refractivity (Wildman–Crippen MR) is 44.2 cm³/mol. The normalized spacial score (nSPS) is 9.31. The molecule has 0 N–H and O–H groups in total. The summed E-state index contributed by atoms with van der Waals surface area (Å²) in [6.07, 6.45) is 0.903. The summed E-state index contributed by atoms with van der Waals surface area (Å²) < 4.78 is 4.37. The lowest BCUT2D eigenvalue weighted by atomic mass is 10.4. The molecule has 0 amide bonds. The molecule has 0 saturated heterocycles. The summed E-state index contributed by atoms with van der Waals surface area (Å²) in [6, 6.07) is 0. The fourth-order valence-electron chi connectivity index (χ4n) is 0.687. The third-order valence-electron chi connectivity index (χ3n) is 1.26. The van der Waals surface area contributed by atoms with Gasteiger partial charge in [0.25, 0.3) is 0 Å². The Balaban J connectivity index is 3.13. The number of hydrogen-bond acceptors (Lipinski definition) is 6. The van der Waals surface area contributed by atoms with Crippen molar-refractivity contribution in [1.82, 2.24) is 4.98 Å². The van der Waals surface area contributed by atoms with Gasteiger partial charge in [0, 0.05) is 0 Å². The van der Waals surface area contributed by atoms with E-state index in [1.807, 2.05) is 0 Å². The summed E-state index contributed by atoms with van der Waals surface area (Å²) in [5.41, 5.74) is -0.0274. The van der Waals surface area contributed by atoms with Gasteiger partial charge in [-0.25, -0.2) is 9.78 Å². The first kappa shape index (κ1) is 9.53. The van der Waals surface area contributed by atoms with Crippen LogP contribution in [-0.2, 0) is 4.74 Å². The Kier molecular flexibility index (Phi) is 2.86. The number of esters is 1. The first-order chi connectivity index (χ1) is 6.22. The molecule has 0 aliphatic heterocycles. The van der Waals surface area contributed by atoms with Crippen LogP contribution in [0, 0.1) is 0 Å². The van der Waals surface area contributed by atoms with Crippen LogP contribution in [0.3, 0.4) is 0 Å². The van der Waals surface area contributed by atoms with Crippen molar-refractivity contribution in [1.29, 1.82) is 0 Å². The topological polar surface area (TPSA) is 73.3 Å². The lowest BCUT2D eigenvalue weighted by Gasteiger charge is -1.89. The van der Waals surface area contributed by atoms with Crippen molar-refractivity contribution in [3.63, 3.8) is 0 Å². The Morgan fingerprint density at radius 1 is 1.46 bits per heavy atom. The van der Waals surface area contributed by atoms with E-state index < -0.39 is 5.97 Å². The van der Waals surface area contributed by atoms with Crippen molar-refractivity contribution in [3.05, 3.63) is 15.6 Å². The molecular formula is C7H5NO4S. The molecule has 6 heteroatoms. The van der Waals surface area contributed by atoms with E-state index in [0.29, 0.717) is 12.6 Å². The number of rotatable bonds is 3. The maximum absolute atomic E-state index is 10.9. The molecular weight excluding hydrogens is 194 g/mol. The third-order valence-corrected chi connectivity index (χ3v) is 2.24. The predicted octanol–water partition coefficient (Wildman–Crippen LogP) is 0.555. The molecule has 1 aromatic heterocycles. The highest BCUT2D eigenvalue weighted by atomic mass is 32.1. The highest BCUT2D eigenvalue weighted by Crippen LogP contribution is 2.15. The minimum Gasteiger partial charge on any atom is -0.464 e. The van der Waals surface area contributed by atoms with E-state index in [2.05, 4.69) is 9.72 Å². The Morgan fingerprint density at radius 3 is 2.54 bits per heavy atom. The molecule has 0 aliphatic rings. The summed E-state index contributed by atoms with van der Waals surface area (Å²) in [5, 5.41) is 0.00620. The second-order valence-electron chi connectivity index (χ2n) is 2.00. The first-order valence-electron chi connectivity index (χ1n) is 3.22. The Hall–Kier alpha value is -1.56. The molecule has 5 nitrogen and oxygen atoms in total. The SMILES string of the molecule is COC(=O)c1nc(C=O)c(C=O)s1. The molecule has 68 valence electrons. The molecule has 0 bridgehead atoms. The van der Waals surface area contributed by atoms with E-state index in [-0.39, 0.29) is 15.6 Å². The standard InChI is InChI=1S/C7H5NO4S/c1-12-7(11)6-8-4(2-9)5(3-10)13-6/h2-3H,1H3. The second kappa shape index (κ2) is 3.90. The maximum atomic E-state index is 10.9. The minimum atomic E-state index is -0.652. The van der Waals surface area contributed by atoms with Gasteiger partial charge in [-0.05, 0) is 0 Å². The van der Waals surface area contributed by atoms with E-state index in [0.717, 1.165) is 11.3 Å². The maximum Gasteiger partial charge on any atom is 0.367 e. The molecule has 0 aromatic carbocycles. The largest absolute Gasteiger partial charge is 0.464 e. The Bertz CT molecular complexity index is 332. The second-order valence-corrected chi connectivity index (χ2v) is 3.03. The Labute approximate surface area is 77.3 Å². The number of ether oxygens (including phenoxy) is 1. The van der Waals surface area contributed by atoms with E-state index in [9.17, 15) is 14.4 Å². The van der Waals surface area contributed by atoms with Crippen LogP contribution in [0.5, 0.6) is 0 Å². The zero-order valence-corrected chi connectivity index (χ0v) is 7.46. The van der Waals surface area contributed by atoms with Crippen LogP contribution in [0.4, 0.5) is 0 Å². The summed E-state index contributed by atoms with van der Waals surface area (Å²) in [6.45, 7) is 0. The Morgan fingerprint density at radius 2 is 2.15 bits per heavy atom. The van der Waals surface area contributed by atoms with Gasteiger partial charge in [0.1, 0.15) is 5.69 Å². The highest BCUT2D eigenvalue weighted by Gasteiger charge is 2.15. The summed E-state index contributed by atoms with van der Waals surface area (Å²) in [7, 11) is 1.20. The molecule has 0 spiro atoms. The highest BCUT2D eigenvalue weighted by molar-refractivity contribution is 7.15. The van der Waals surface area contributed by atoms with Gasteiger partial charge < -0.3 is 4.74 Å². The molecule has 1 aromatic rings. The summed E-state index contributed by atoms with van der Waals surface area (Å²) >= 11 is 0.832. The molecule has 0 unspecified atom stereocenters. The van der Waals surface area contributed by atoms with Gasteiger partial charge >= 0.3 is 5.97 Å². The molecule has 0 atom stereocenters. The fourth-order valence-corrected chi connectivity index (χ4v) is 1.45. The molecule has 0 saturated carbocycles. The van der Waals surface area contributed by atoms with Crippen LogP contribution >= 0.6 is 11.3 Å². The number of methoxy groups -OCH3 is 1. The molecule has 0 fully saturated rings. The van der Waals surface area contributed by atoms with Crippen molar-refractivity contribution in [2.45, 2.75) is 0 Å². The van der Waals surface area contributed by atoms with Crippen LogP contribution in [0.15, 0.2) is 0 Å².